The maximum atomic E-state index is 3.58. The van der Waals surface area contributed by atoms with Gasteiger partial charge in [-0.3, -0.25) is 4.90 Å². The lowest BCUT2D eigenvalue weighted by atomic mass is 10.1. The van der Waals surface area contributed by atoms with Crippen molar-refractivity contribution in [1.82, 2.24) is 10.2 Å². The fourth-order valence-electron chi connectivity index (χ4n) is 3.23. The third-order valence-corrected chi connectivity index (χ3v) is 4.58. The van der Waals surface area contributed by atoms with Gasteiger partial charge in [-0.25, -0.2) is 0 Å². The summed E-state index contributed by atoms with van der Waals surface area (Å²) < 4.78 is 0. The second kappa shape index (κ2) is 6.80. The first-order valence-electron chi connectivity index (χ1n) is 8.51. The zero-order valence-corrected chi connectivity index (χ0v) is 13.5. The van der Waals surface area contributed by atoms with Gasteiger partial charge >= 0.3 is 0 Å². The minimum Gasteiger partial charge on any atom is -0.369 e. The van der Waals surface area contributed by atoms with Crippen LogP contribution in [-0.2, 0) is 6.54 Å². The van der Waals surface area contributed by atoms with Crippen molar-refractivity contribution in [2.45, 2.75) is 39.3 Å². The van der Waals surface area contributed by atoms with Gasteiger partial charge in [-0.05, 0) is 36.9 Å². The molecule has 3 rings (SSSR count). The van der Waals surface area contributed by atoms with E-state index in [-0.39, 0.29) is 0 Å². The highest BCUT2D eigenvalue weighted by atomic mass is 15.3. The average Bonchev–Trinajstić information content (AvgIpc) is 3.32. The van der Waals surface area contributed by atoms with Gasteiger partial charge < -0.3 is 10.2 Å². The summed E-state index contributed by atoms with van der Waals surface area (Å²) in [5.74, 6) is 0.708. The molecule has 21 heavy (non-hydrogen) atoms. The number of piperazine rings is 1. The van der Waals surface area contributed by atoms with Crippen molar-refractivity contribution >= 4 is 5.69 Å². The van der Waals surface area contributed by atoms with Gasteiger partial charge in [-0.2, -0.15) is 0 Å². The molecule has 116 valence electrons. The van der Waals surface area contributed by atoms with E-state index >= 15 is 0 Å². The van der Waals surface area contributed by atoms with Gasteiger partial charge in [0.05, 0.1) is 0 Å². The number of hydrogen-bond acceptors (Lipinski definition) is 3. The van der Waals surface area contributed by atoms with Crippen molar-refractivity contribution in [3.63, 3.8) is 0 Å². The first-order chi connectivity index (χ1) is 10.2. The van der Waals surface area contributed by atoms with E-state index in [0.717, 1.165) is 19.1 Å². The molecule has 3 heteroatoms. The van der Waals surface area contributed by atoms with E-state index in [0.29, 0.717) is 5.92 Å². The Morgan fingerprint density at radius 1 is 1.10 bits per heavy atom. The number of hydrogen-bond donors (Lipinski definition) is 1. The maximum absolute atomic E-state index is 3.58. The van der Waals surface area contributed by atoms with Crippen molar-refractivity contribution in [1.29, 1.82) is 0 Å². The topological polar surface area (TPSA) is 18.5 Å². The van der Waals surface area contributed by atoms with Crippen LogP contribution in [0, 0.1) is 5.92 Å². The fourth-order valence-corrected chi connectivity index (χ4v) is 3.23. The van der Waals surface area contributed by atoms with Crippen LogP contribution in [0.25, 0.3) is 0 Å². The molecule has 1 saturated heterocycles. The van der Waals surface area contributed by atoms with E-state index in [9.17, 15) is 0 Å². The molecule has 1 N–H and O–H groups in total. The molecule has 1 saturated carbocycles. The minimum atomic E-state index is 0.708. The SMILES string of the molecule is CC(C)CNCc1ccccc1N1CCN(C2CC2)CC1. The average molecular weight is 287 g/mol. The molecule has 0 bridgehead atoms. The van der Waals surface area contributed by atoms with Crippen LogP contribution in [0.5, 0.6) is 0 Å². The highest BCUT2D eigenvalue weighted by molar-refractivity contribution is 5.54. The van der Waals surface area contributed by atoms with Crippen molar-refractivity contribution in [2.75, 3.05) is 37.6 Å². The minimum absolute atomic E-state index is 0.708. The van der Waals surface area contributed by atoms with E-state index in [4.69, 9.17) is 0 Å². The van der Waals surface area contributed by atoms with Crippen molar-refractivity contribution in [2.24, 2.45) is 5.92 Å². The van der Waals surface area contributed by atoms with Gasteiger partial charge in [0.2, 0.25) is 0 Å². The lowest BCUT2D eigenvalue weighted by molar-refractivity contribution is 0.248. The third kappa shape index (κ3) is 3.98. The number of anilines is 1. The molecule has 1 aliphatic heterocycles. The van der Waals surface area contributed by atoms with Crippen molar-refractivity contribution < 1.29 is 0 Å². The van der Waals surface area contributed by atoms with Crippen LogP contribution < -0.4 is 10.2 Å². The molecule has 1 aliphatic carbocycles. The monoisotopic (exact) mass is 287 g/mol. The van der Waals surface area contributed by atoms with Crippen LogP contribution in [0.15, 0.2) is 24.3 Å². The Bertz CT molecular complexity index is 446. The van der Waals surface area contributed by atoms with Crippen LogP contribution in [-0.4, -0.2) is 43.7 Å². The lowest BCUT2D eigenvalue weighted by Gasteiger charge is -2.37. The summed E-state index contributed by atoms with van der Waals surface area (Å²) in [6.07, 6.45) is 2.85. The number of benzene rings is 1. The van der Waals surface area contributed by atoms with Gasteiger partial charge in [-0.15, -0.1) is 0 Å². The third-order valence-electron chi connectivity index (χ3n) is 4.58. The van der Waals surface area contributed by atoms with Gasteiger partial charge in [-0.1, -0.05) is 32.0 Å². The highest BCUT2D eigenvalue weighted by Crippen LogP contribution is 2.29. The van der Waals surface area contributed by atoms with Crippen LogP contribution in [0.3, 0.4) is 0 Å². The molecule has 0 spiro atoms. The van der Waals surface area contributed by atoms with Gasteiger partial charge in [0.15, 0.2) is 0 Å². The summed E-state index contributed by atoms with van der Waals surface area (Å²) in [4.78, 5) is 5.25. The first kappa shape index (κ1) is 14.9. The fraction of sp³-hybridized carbons (Fsp3) is 0.667. The quantitative estimate of drug-likeness (QED) is 0.868. The molecule has 0 amide bonds. The Morgan fingerprint density at radius 3 is 2.48 bits per heavy atom. The predicted octanol–water partition coefficient (Wildman–Crippen LogP) is 2.72. The molecule has 1 heterocycles. The van der Waals surface area contributed by atoms with Gasteiger partial charge in [0, 0.05) is 44.5 Å². The molecular weight excluding hydrogens is 258 g/mol. The smallest absolute Gasteiger partial charge is 0.0412 e. The molecule has 1 aromatic rings. The predicted molar refractivity (Wildman–Crippen MR) is 89.8 cm³/mol. The van der Waals surface area contributed by atoms with E-state index in [1.807, 2.05) is 0 Å². The standard InChI is InChI=1S/C18H29N3/c1-15(2)13-19-14-16-5-3-4-6-18(16)21-11-9-20(10-12-21)17-7-8-17/h3-6,15,17,19H,7-14H2,1-2H3. The highest BCUT2D eigenvalue weighted by Gasteiger charge is 2.31. The summed E-state index contributed by atoms with van der Waals surface area (Å²) in [5, 5.41) is 3.58. The Balaban J connectivity index is 1.59. The zero-order chi connectivity index (χ0) is 14.7. The molecule has 1 aromatic carbocycles. The number of nitrogens with zero attached hydrogens (tertiary/aromatic N) is 2. The van der Waals surface area contributed by atoms with E-state index < -0.39 is 0 Å². The normalized spacial score (nSPS) is 20.2. The van der Waals surface area contributed by atoms with Gasteiger partial charge in [0.25, 0.3) is 0 Å². The van der Waals surface area contributed by atoms with E-state index in [1.54, 1.807) is 0 Å². The molecule has 0 radical (unpaired) electrons. The second-order valence-electron chi connectivity index (χ2n) is 6.91. The largest absolute Gasteiger partial charge is 0.369 e. The Hall–Kier alpha value is -1.06. The summed E-state index contributed by atoms with van der Waals surface area (Å²) in [6, 6.07) is 9.81. The molecule has 0 aromatic heterocycles. The number of para-hydroxylation sites is 1. The molecule has 0 unspecified atom stereocenters. The van der Waals surface area contributed by atoms with Crippen LogP contribution in [0.2, 0.25) is 0 Å². The zero-order valence-electron chi connectivity index (χ0n) is 13.5. The molecule has 2 fully saturated rings. The van der Waals surface area contributed by atoms with Crippen LogP contribution in [0.4, 0.5) is 5.69 Å². The van der Waals surface area contributed by atoms with Gasteiger partial charge in [0.1, 0.15) is 0 Å². The van der Waals surface area contributed by atoms with Crippen LogP contribution in [0.1, 0.15) is 32.3 Å². The number of rotatable bonds is 6. The Kier molecular flexibility index (Phi) is 4.81. The number of nitrogens with one attached hydrogen (secondary N) is 1. The second-order valence-corrected chi connectivity index (χ2v) is 6.91. The van der Waals surface area contributed by atoms with E-state index in [1.165, 1.54) is 50.3 Å². The molecule has 2 aliphatic rings. The molecule has 3 nitrogen and oxygen atoms in total. The molecule has 0 atom stereocenters. The lowest BCUT2D eigenvalue weighted by Crippen LogP contribution is -2.47. The van der Waals surface area contributed by atoms with Crippen molar-refractivity contribution in [3.05, 3.63) is 29.8 Å². The first-order valence-corrected chi connectivity index (χ1v) is 8.51. The summed E-state index contributed by atoms with van der Waals surface area (Å²) >= 11 is 0. The molecular formula is C18H29N3. The van der Waals surface area contributed by atoms with Crippen molar-refractivity contribution in [3.8, 4) is 0 Å². The summed E-state index contributed by atoms with van der Waals surface area (Å²) in [5.41, 5.74) is 2.88. The summed E-state index contributed by atoms with van der Waals surface area (Å²) in [6.45, 7) is 11.4. The van der Waals surface area contributed by atoms with Crippen LogP contribution >= 0.6 is 0 Å². The maximum Gasteiger partial charge on any atom is 0.0412 e. The summed E-state index contributed by atoms with van der Waals surface area (Å²) in [7, 11) is 0. The Labute approximate surface area is 129 Å². The van der Waals surface area contributed by atoms with E-state index in [2.05, 4.69) is 53.2 Å². The Morgan fingerprint density at radius 2 is 1.81 bits per heavy atom.